The van der Waals surface area contributed by atoms with Crippen LogP contribution in [0.3, 0.4) is 0 Å². The van der Waals surface area contributed by atoms with Crippen LogP contribution < -0.4 is 31.3 Å². The van der Waals surface area contributed by atoms with Crippen LogP contribution in [0.2, 0.25) is 5.02 Å². The first-order valence-electron chi connectivity index (χ1n) is 14.0. The number of ether oxygens (including phenoxy) is 1. The zero-order chi connectivity index (χ0) is 29.1. The number of nitrogens with one attached hydrogen (secondary N) is 2. The molecular weight excluding hydrogens is 559 g/mol. The molecule has 1 aromatic heterocycles. The van der Waals surface area contributed by atoms with Gasteiger partial charge in [-0.05, 0) is 51.4 Å². The summed E-state index contributed by atoms with van der Waals surface area (Å²) in [6, 6.07) is 11.9. The molecule has 3 heterocycles. The molecule has 0 saturated carbocycles. The van der Waals surface area contributed by atoms with Crippen molar-refractivity contribution in [1.29, 1.82) is 0 Å². The van der Waals surface area contributed by atoms with Crippen LogP contribution in [0.1, 0.15) is 12.8 Å². The van der Waals surface area contributed by atoms with Crippen molar-refractivity contribution in [3.05, 3.63) is 47.6 Å². The molecule has 41 heavy (non-hydrogen) atoms. The number of hydrogen-bond donors (Lipinski definition) is 3. The van der Waals surface area contributed by atoms with Gasteiger partial charge in [0.2, 0.25) is 5.95 Å². The molecule has 220 valence electrons. The molecule has 3 aromatic rings. The predicted octanol–water partition coefficient (Wildman–Crippen LogP) is 4.67. The van der Waals surface area contributed by atoms with E-state index >= 15 is 0 Å². The number of methoxy groups -OCH3 is 1. The second-order valence-corrected chi connectivity index (χ2v) is 14.8. The summed E-state index contributed by atoms with van der Waals surface area (Å²) < 4.78 is 18.6. The molecular formula is C29H40ClN8O2P. The number of benzene rings is 2. The maximum absolute atomic E-state index is 12.8. The van der Waals surface area contributed by atoms with Gasteiger partial charge in [0.25, 0.3) is 0 Å². The van der Waals surface area contributed by atoms with E-state index in [4.69, 9.17) is 22.1 Å². The molecule has 4 N–H and O–H groups in total. The number of rotatable bonds is 8. The van der Waals surface area contributed by atoms with Crippen LogP contribution in [-0.4, -0.2) is 92.6 Å². The number of hydrogen-bond acceptors (Lipinski definition) is 10. The second-order valence-electron chi connectivity index (χ2n) is 11.2. The summed E-state index contributed by atoms with van der Waals surface area (Å²) in [5.74, 6) is 1.37. The Morgan fingerprint density at radius 3 is 2.41 bits per heavy atom. The summed E-state index contributed by atoms with van der Waals surface area (Å²) in [5, 5.41) is 7.53. The highest BCUT2D eigenvalue weighted by Gasteiger charge is 2.28. The number of likely N-dealkylation sites (N-methyl/N-ethyl adjacent to an activating group) is 1. The van der Waals surface area contributed by atoms with Gasteiger partial charge in [0.1, 0.15) is 17.9 Å². The predicted molar refractivity (Wildman–Crippen MR) is 171 cm³/mol. The lowest BCUT2D eigenvalue weighted by Gasteiger charge is -2.42. The zero-order valence-electron chi connectivity index (χ0n) is 24.2. The molecule has 2 aliphatic heterocycles. The second kappa shape index (κ2) is 12.4. The average Bonchev–Trinajstić information content (AvgIpc) is 2.95. The Kier molecular flexibility index (Phi) is 8.94. The summed E-state index contributed by atoms with van der Waals surface area (Å²) in [6.45, 7) is 9.95. The van der Waals surface area contributed by atoms with Crippen LogP contribution in [0.25, 0.3) is 0 Å². The van der Waals surface area contributed by atoms with Crippen LogP contribution >= 0.6 is 18.7 Å². The number of nitrogens with zero attached hydrogens (tertiary/aromatic N) is 5. The van der Waals surface area contributed by atoms with E-state index in [1.165, 1.54) is 6.20 Å². The van der Waals surface area contributed by atoms with Crippen LogP contribution in [0, 0.1) is 0 Å². The van der Waals surface area contributed by atoms with Gasteiger partial charge in [-0.2, -0.15) is 4.98 Å². The normalized spacial score (nSPS) is 17.4. The number of nitrogens with two attached hydrogens (primary N) is 1. The van der Waals surface area contributed by atoms with E-state index in [0.717, 1.165) is 63.1 Å². The first-order chi connectivity index (χ1) is 19.6. The van der Waals surface area contributed by atoms with Gasteiger partial charge in [0.05, 0.1) is 36.1 Å². The first-order valence-corrected chi connectivity index (χ1v) is 17.0. The summed E-state index contributed by atoms with van der Waals surface area (Å²) in [6.07, 6.45) is 3.76. The topological polar surface area (TPSA) is 112 Å². The highest BCUT2D eigenvalue weighted by atomic mass is 35.5. The maximum Gasteiger partial charge on any atom is 0.229 e. The molecule has 2 fully saturated rings. The zero-order valence-corrected chi connectivity index (χ0v) is 25.9. The SMILES string of the molecule is COc1cc(N2CCC(N3CCN(C)CC3)CC2)c(N)cc1Nc1ncc(Cl)c(Nc2ccccc2P(C)(C)=O)n1. The summed E-state index contributed by atoms with van der Waals surface area (Å²) in [4.78, 5) is 16.3. The summed E-state index contributed by atoms with van der Waals surface area (Å²) >= 11 is 6.43. The van der Waals surface area contributed by atoms with Gasteiger partial charge in [-0.1, -0.05) is 23.7 Å². The van der Waals surface area contributed by atoms with Crippen LogP contribution in [0.4, 0.5) is 34.5 Å². The summed E-state index contributed by atoms with van der Waals surface area (Å²) in [7, 11) is 1.31. The van der Waals surface area contributed by atoms with Crippen LogP contribution in [-0.2, 0) is 4.57 Å². The van der Waals surface area contributed by atoms with Crippen molar-refractivity contribution >= 4 is 58.6 Å². The van der Waals surface area contributed by atoms with Gasteiger partial charge in [-0.15, -0.1) is 0 Å². The number of anilines is 6. The molecule has 12 heteroatoms. The quantitative estimate of drug-likeness (QED) is 0.250. The minimum absolute atomic E-state index is 0.323. The van der Waals surface area contributed by atoms with E-state index in [-0.39, 0.29) is 0 Å². The molecule has 0 atom stereocenters. The van der Waals surface area contributed by atoms with Crippen LogP contribution in [0.5, 0.6) is 5.75 Å². The fourth-order valence-corrected chi connectivity index (χ4v) is 6.89. The van der Waals surface area contributed by atoms with Crippen molar-refractivity contribution < 1.29 is 9.30 Å². The highest BCUT2D eigenvalue weighted by molar-refractivity contribution is 7.70. The Labute approximate surface area is 247 Å². The van der Waals surface area contributed by atoms with E-state index < -0.39 is 7.14 Å². The van der Waals surface area contributed by atoms with E-state index in [0.29, 0.717) is 45.6 Å². The largest absolute Gasteiger partial charge is 0.494 e. The molecule has 5 rings (SSSR count). The Morgan fingerprint density at radius 1 is 1.02 bits per heavy atom. The van der Waals surface area contributed by atoms with Crippen molar-refractivity contribution in [3.8, 4) is 5.75 Å². The van der Waals surface area contributed by atoms with E-state index in [1.807, 2.05) is 36.4 Å². The molecule has 0 bridgehead atoms. The lowest BCUT2D eigenvalue weighted by atomic mass is 10.0. The van der Waals surface area contributed by atoms with Crippen LogP contribution in [0.15, 0.2) is 42.6 Å². The molecule has 0 amide bonds. The Hall–Kier alpha value is -3.04. The Morgan fingerprint density at radius 2 is 1.73 bits per heavy atom. The minimum Gasteiger partial charge on any atom is -0.494 e. The third-order valence-corrected chi connectivity index (χ3v) is 9.76. The van der Waals surface area contributed by atoms with Gasteiger partial charge in [-0.25, -0.2) is 4.98 Å². The standard InChI is InChI=1S/C29H40ClN8O2P/c1-36-13-15-37(16-14-36)20-9-11-38(12-10-20)25-18-26(40-2)24(17-22(25)31)34-29-32-19-21(30)28(35-29)33-23-7-5-6-8-27(23)41(3,4)39/h5-8,17-20H,9-16,31H2,1-4H3,(H2,32,33,34,35). The molecule has 0 unspecified atom stereocenters. The van der Waals surface area contributed by atoms with Gasteiger partial charge in [-0.3, -0.25) is 4.90 Å². The average molecular weight is 599 g/mol. The molecule has 2 aliphatic rings. The number of nitrogen functional groups attached to an aromatic ring is 1. The molecule has 10 nitrogen and oxygen atoms in total. The minimum atomic E-state index is -2.52. The number of aromatic nitrogens is 2. The third-order valence-electron chi connectivity index (χ3n) is 7.94. The molecule has 0 aliphatic carbocycles. The van der Waals surface area contributed by atoms with Gasteiger partial charge >= 0.3 is 0 Å². The van der Waals surface area contributed by atoms with Gasteiger partial charge in [0, 0.05) is 56.7 Å². The maximum atomic E-state index is 12.8. The number of para-hydroxylation sites is 1. The summed E-state index contributed by atoms with van der Waals surface area (Å²) in [5.41, 5.74) is 9.56. The van der Waals surface area contributed by atoms with Crippen molar-refractivity contribution in [2.24, 2.45) is 0 Å². The smallest absolute Gasteiger partial charge is 0.229 e. The van der Waals surface area contributed by atoms with Gasteiger partial charge < -0.3 is 35.5 Å². The van der Waals surface area contributed by atoms with Crippen molar-refractivity contribution in [3.63, 3.8) is 0 Å². The lowest BCUT2D eigenvalue weighted by Crippen LogP contribution is -2.52. The number of piperazine rings is 1. The lowest BCUT2D eigenvalue weighted by molar-refractivity contribution is 0.0982. The molecule has 0 radical (unpaired) electrons. The fraction of sp³-hybridized carbons (Fsp3) is 0.448. The molecule has 2 aromatic carbocycles. The van der Waals surface area contributed by atoms with Gasteiger partial charge in [0.15, 0.2) is 5.82 Å². The van der Waals surface area contributed by atoms with E-state index in [9.17, 15) is 4.57 Å². The third kappa shape index (κ3) is 6.89. The molecule has 0 spiro atoms. The first kappa shape index (κ1) is 29.5. The number of piperidine rings is 1. The Balaban J connectivity index is 1.31. The van der Waals surface area contributed by atoms with Crippen molar-refractivity contribution in [2.75, 3.05) is 88.0 Å². The Bertz CT molecular complexity index is 1420. The van der Waals surface area contributed by atoms with Crippen molar-refractivity contribution in [2.45, 2.75) is 18.9 Å². The fourth-order valence-electron chi connectivity index (χ4n) is 5.60. The van der Waals surface area contributed by atoms with E-state index in [2.05, 4.69) is 42.3 Å². The van der Waals surface area contributed by atoms with E-state index in [1.54, 1.807) is 20.4 Å². The molecule has 2 saturated heterocycles. The highest BCUT2D eigenvalue weighted by Crippen LogP contribution is 2.40. The monoisotopic (exact) mass is 598 g/mol. The van der Waals surface area contributed by atoms with Crippen molar-refractivity contribution in [1.82, 2.24) is 19.8 Å². The number of halogens is 1.